The Morgan fingerprint density at radius 1 is 1.33 bits per heavy atom. The van der Waals surface area contributed by atoms with E-state index in [9.17, 15) is 14.9 Å². The molecule has 0 bridgehead atoms. The Morgan fingerprint density at radius 2 is 2.10 bits per heavy atom. The van der Waals surface area contributed by atoms with Crippen LogP contribution in [0.5, 0.6) is 5.75 Å². The van der Waals surface area contributed by atoms with Crippen molar-refractivity contribution in [2.45, 2.75) is 6.92 Å². The molecule has 0 unspecified atom stereocenters. The van der Waals surface area contributed by atoms with E-state index in [-0.39, 0.29) is 11.5 Å². The summed E-state index contributed by atoms with van der Waals surface area (Å²) in [6, 6.07) is 7.78. The Morgan fingerprint density at radius 3 is 2.71 bits per heavy atom. The summed E-state index contributed by atoms with van der Waals surface area (Å²) >= 11 is 0. The van der Waals surface area contributed by atoms with Crippen LogP contribution in [0.3, 0.4) is 0 Å². The van der Waals surface area contributed by atoms with E-state index < -0.39 is 4.92 Å². The molecule has 1 aromatic heterocycles. The smallest absolute Gasteiger partial charge is 0.284 e. The fourth-order valence-corrected chi connectivity index (χ4v) is 1.78. The van der Waals surface area contributed by atoms with E-state index in [1.165, 1.54) is 32.3 Å². The SMILES string of the molecule is COc1ccc(-c2ccc(/C=C/C(C)=O)o2)c([N+](=O)[O-])c1. The van der Waals surface area contributed by atoms with Gasteiger partial charge in [-0.15, -0.1) is 0 Å². The predicted molar refractivity (Wildman–Crippen MR) is 77.1 cm³/mol. The number of ketones is 1. The fourth-order valence-electron chi connectivity index (χ4n) is 1.78. The van der Waals surface area contributed by atoms with Crippen LogP contribution in [0.25, 0.3) is 17.4 Å². The maximum Gasteiger partial charge on any atom is 0.284 e. The minimum atomic E-state index is -0.495. The van der Waals surface area contributed by atoms with E-state index in [4.69, 9.17) is 9.15 Å². The first kappa shape index (κ1) is 14.5. The Balaban J connectivity index is 2.42. The summed E-state index contributed by atoms with van der Waals surface area (Å²) < 4.78 is 10.5. The molecule has 0 atom stereocenters. The number of nitro benzene ring substituents is 1. The summed E-state index contributed by atoms with van der Waals surface area (Å²) in [7, 11) is 1.44. The Labute approximate surface area is 120 Å². The zero-order chi connectivity index (χ0) is 15.4. The highest BCUT2D eigenvalue weighted by atomic mass is 16.6. The second-order valence-electron chi connectivity index (χ2n) is 4.29. The molecule has 6 nitrogen and oxygen atoms in total. The highest BCUT2D eigenvalue weighted by Gasteiger charge is 2.19. The number of furan rings is 1. The molecule has 0 amide bonds. The largest absolute Gasteiger partial charge is 0.497 e. The van der Waals surface area contributed by atoms with E-state index in [0.29, 0.717) is 22.8 Å². The highest BCUT2D eigenvalue weighted by Crippen LogP contribution is 2.34. The van der Waals surface area contributed by atoms with Gasteiger partial charge in [0.25, 0.3) is 5.69 Å². The van der Waals surface area contributed by atoms with Crippen LogP contribution in [0.15, 0.2) is 40.8 Å². The van der Waals surface area contributed by atoms with E-state index in [0.717, 1.165) is 0 Å². The van der Waals surface area contributed by atoms with Crippen molar-refractivity contribution in [3.8, 4) is 17.1 Å². The molecule has 0 N–H and O–H groups in total. The summed E-state index contributed by atoms with van der Waals surface area (Å²) in [5.74, 6) is 1.09. The quantitative estimate of drug-likeness (QED) is 0.477. The molecule has 0 radical (unpaired) electrons. The summed E-state index contributed by atoms with van der Waals surface area (Å²) in [4.78, 5) is 21.5. The topological polar surface area (TPSA) is 82.6 Å². The standard InChI is InChI=1S/C15H13NO5/c1-10(17)3-4-11-6-8-15(21-11)13-7-5-12(20-2)9-14(13)16(18)19/h3-9H,1-2H3/b4-3+. The van der Waals surface area contributed by atoms with Gasteiger partial charge in [-0.2, -0.15) is 0 Å². The summed E-state index contributed by atoms with van der Waals surface area (Å²) in [6.45, 7) is 1.43. The van der Waals surface area contributed by atoms with Crippen LogP contribution in [0.4, 0.5) is 5.69 Å². The Hall–Kier alpha value is -2.89. The number of nitrogens with zero attached hydrogens (tertiary/aromatic N) is 1. The molecule has 108 valence electrons. The number of carbonyl (C=O) groups excluding carboxylic acids is 1. The van der Waals surface area contributed by atoms with Gasteiger partial charge in [0.1, 0.15) is 17.3 Å². The minimum Gasteiger partial charge on any atom is -0.497 e. The molecule has 0 spiro atoms. The number of nitro groups is 1. The van der Waals surface area contributed by atoms with Gasteiger partial charge < -0.3 is 9.15 Å². The minimum absolute atomic E-state index is 0.106. The van der Waals surface area contributed by atoms with Crippen LogP contribution in [0.1, 0.15) is 12.7 Å². The maximum atomic E-state index is 11.1. The average Bonchev–Trinajstić information content (AvgIpc) is 2.93. The van der Waals surface area contributed by atoms with E-state index in [1.807, 2.05) is 0 Å². The molecular weight excluding hydrogens is 274 g/mol. The highest BCUT2D eigenvalue weighted by molar-refractivity contribution is 5.91. The molecule has 0 saturated heterocycles. The third kappa shape index (κ3) is 3.36. The molecule has 0 aliphatic heterocycles. The van der Waals surface area contributed by atoms with Crippen molar-refractivity contribution >= 4 is 17.5 Å². The van der Waals surface area contributed by atoms with E-state index >= 15 is 0 Å². The lowest BCUT2D eigenvalue weighted by Crippen LogP contribution is -1.93. The molecule has 6 heteroatoms. The second-order valence-corrected chi connectivity index (χ2v) is 4.29. The lowest BCUT2D eigenvalue weighted by Gasteiger charge is -2.03. The first-order valence-corrected chi connectivity index (χ1v) is 6.12. The number of hydrogen-bond acceptors (Lipinski definition) is 5. The predicted octanol–water partition coefficient (Wildman–Crippen LogP) is 3.47. The molecule has 2 rings (SSSR count). The van der Waals surface area contributed by atoms with Gasteiger partial charge >= 0.3 is 0 Å². The molecular formula is C15H13NO5. The number of benzene rings is 1. The molecule has 0 saturated carbocycles. The van der Waals surface area contributed by atoms with Gasteiger partial charge in [0.05, 0.1) is 23.7 Å². The second kappa shape index (κ2) is 6.04. The van der Waals surface area contributed by atoms with Crippen LogP contribution in [-0.4, -0.2) is 17.8 Å². The lowest BCUT2D eigenvalue weighted by atomic mass is 10.1. The maximum absolute atomic E-state index is 11.1. The number of carbonyl (C=O) groups is 1. The lowest BCUT2D eigenvalue weighted by molar-refractivity contribution is -0.384. The molecule has 0 fully saturated rings. The van der Waals surface area contributed by atoms with Crippen molar-refractivity contribution in [3.63, 3.8) is 0 Å². The average molecular weight is 287 g/mol. The van der Waals surface area contributed by atoms with Crippen molar-refractivity contribution < 1.29 is 18.9 Å². The first-order chi connectivity index (χ1) is 10.0. The molecule has 0 aliphatic carbocycles. The number of methoxy groups -OCH3 is 1. The van der Waals surface area contributed by atoms with E-state index in [1.54, 1.807) is 24.3 Å². The third-order valence-electron chi connectivity index (χ3n) is 2.78. The Kier molecular flexibility index (Phi) is 4.18. The number of rotatable bonds is 5. The van der Waals surface area contributed by atoms with Crippen LogP contribution in [0, 0.1) is 10.1 Å². The zero-order valence-electron chi connectivity index (χ0n) is 11.5. The normalized spacial score (nSPS) is 10.8. The van der Waals surface area contributed by atoms with Gasteiger partial charge in [-0.1, -0.05) is 0 Å². The summed E-state index contributed by atoms with van der Waals surface area (Å²) in [6.07, 6.45) is 2.88. The van der Waals surface area contributed by atoms with Crippen LogP contribution >= 0.6 is 0 Å². The van der Waals surface area contributed by atoms with Crippen molar-refractivity contribution in [2.24, 2.45) is 0 Å². The third-order valence-corrected chi connectivity index (χ3v) is 2.78. The first-order valence-electron chi connectivity index (χ1n) is 6.12. The van der Waals surface area contributed by atoms with E-state index in [2.05, 4.69) is 0 Å². The monoisotopic (exact) mass is 287 g/mol. The van der Waals surface area contributed by atoms with Crippen LogP contribution < -0.4 is 4.74 Å². The van der Waals surface area contributed by atoms with Gasteiger partial charge in [-0.05, 0) is 43.3 Å². The van der Waals surface area contributed by atoms with Gasteiger partial charge in [0.15, 0.2) is 5.78 Å². The summed E-state index contributed by atoms with van der Waals surface area (Å²) in [5.41, 5.74) is 0.245. The van der Waals surface area contributed by atoms with Crippen molar-refractivity contribution in [1.82, 2.24) is 0 Å². The van der Waals surface area contributed by atoms with Gasteiger partial charge in [-0.3, -0.25) is 14.9 Å². The molecule has 21 heavy (non-hydrogen) atoms. The van der Waals surface area contributed by atoms with Crippen molar-refractivity contribution in [1.29, 1.82) is 0 Å². The van der Waals surface area contributed by atoms with Gasteiger partial charge in [0.2, 0.25) is 0 Å². The van der Waals surface area contributed by atoms with Crippen molar-refractivity contribution in [2.75, 3.05) is 7.11 Å². The Bertz CT molecular complexity index is 715. The molecule has 2 aromatic rings. The van der Waals surface area contributed by atoms with Crippen LogP contribution in [0.2, 0.25) is 0 Å². The number of allylic oxidation sites excluding steroid dienone is 1. The molecule has 1 aromatic carbocycles. The van der Waals surface area contributed by atoms with Gasteiger partial charge in [0, 0.05) is 0 Å². The fraction of sp³-hybridized carbons (Fsp3) is 0.133. The van der Waals surface area contributed by atoms with Crippen molar-refractivity contribution in [3.05, 3.63) is 52.3 Å². The van der Waals surface area contributed by atoms with Crippen LogP contribution in [-0.2, 0) is 4.79 Å². The zero-order valence-corrected chi connectivity index (χ0v) is 11.5. The molecule has 1 heterocycles. The summed E-state index contributed by atoms with van der Waals surface area (Å²) in [5, 5.41) is 11.1. The number of hydrogen-bond donors (Lipinski definition) is 0. The molecule has 0 aliphatic rings. The van der Waals surface area contributed by atoms with Gasteiger partial charge in [-0.25, -0.2) is 0 Å². The number of ether oxygens (including phenoxy) is 1.